The molecule has 0 amide bonds. The summed E-state index contributed by atoms with van der Waals surface area (Å²) in [5, 5.41) is 8.64. The highest BCUT2D eigenvalue weighted by Gasteiger charge is 1.99. The molecule has 1 aliphatic rings. The average Bonchev–Trinajstić information content (AvgIpc) is 2.05. The van der Waals surface area contributed by atoms with E-state index in [1.54, 1.807) is 12.2 Å². The number of hydrogen-bond donors (Lipinski definition) is 1. The molecule has 0 saturated carbocycles. The van der Waals surface area contributed by atoms with E-state index in [1.807, 2.05) is 6.08 Å². The fourth-order valence-electron chi connectivity index (χ4n) is 0.747. The van der Waals surface area contributed by atoms with E-state index in [-0.39, 0.29) is 6.61 Å². The van der Waals surface area contributed by atoms with E-state index >= 15 is 0 Å². The summed E-state index contributed by atoms with van der Waals surface area (Å²) < 4.78 is 10.2. The molecule has 2 nitrogen and oxygen atoms in total. The molecule has 1 N–H and O–H groups in total. The molecule has 0 heterocycles. The van der Waals surface area contributed by atoms with Crippen LogP contribution in [0.4, 0.5) is 0 Å². The predicted molar refractivity (Wildman–Crippen MR) is 42.1 cm³/mol. The van der Waals surface area contributed by atoms with E-state index in [9.17, 15) is 4.21 Å². The predicted octanol–water partition coefficient (Wildman–Crippen LogP) is 0.250. The van der Waals surface area contributed by atoms with Gasteiger partial charge in [-0.25, -0.2) is 4.21 Å². The summed E-state index contributed by atoms with van der Waals surface area (Å²) in [6.07, 6.45) is 6.05. The van der Waals surface area contributed by atoms with Crippen molar-refractivity contribution in [3.8, 4) is 0 Å². The molecule has 54 valence electrons. The van der Waals surface area contributed by atoms with Crippen molar-refractivity contribution in [1.29, 1.82) is 0 Å². The van der Waals surface area contributed by atoms with Crippen molar-refractivity contribution in [2.45, 2.75) is 6.42 Å². The Labute approximate surface area is 62.9 Å². The molecular weight excluding hydrogens is 148 g/mol. The Morgan fingerprint density at radius 1 is 1.60 bits per heavy atom. The van der Waals surface area contributed by atoms with Gasteiger partial charge < -0.3 is 5.11 Å². The molecule has 0 fully saturated rings. The Morgan fingerprint density at radius 3 is 2.80 bits per heavy atom. The zero-order valence-corrected chi connectivity index (χ0v) is 6.23. The third-order valence-electron chi connectivity index (χ3n) is 1.34. The molecule has 1 aliphatic carbocycles. The summed E-state index contributed by atoms with van der Waals surface area (Å²) in [5.41, 5.74) is 0.887. The first-order chi connectivity index (χ1) is 4.86. The van der Waals surface area contributed by atoms with Crippen molar-refractivity contribution in [3.63, 3.8) is 0 Å². The van der Waals surface area contributed by atoms with Gasteiger partial charge in [0.05, 0.1) is 17.9 Å². The molecule has 10 heavy (non-hydrogen) atoms. The Morgan fingerprint density at radius 2 is 2.40 bits per heavy atom. The normalized spacial score (nSPS) is 16.9. The molecule has 0 aromatic rings. The monoisotopic (exact) mass is 156 g/mol. The van der Waals surface area contributed by atoms with Gasteiger partial charge in [-0.1, -0.05) is 12.2 Å². The van der Waals surface area contributed by atoms with Crippen molar-refractivity contribution in [1.82, 2.24) is 0 Å². The summed E-state index contributed by atoms with van der Waals surface area (Å²) in [7, 11) is 0. The summed E-state index contributed by atoms with van der Waals surface area (Å²) in [6.45, 7) is 0.0628. The lowest BCUT2D eigenvalue weighted by atomic mass is 10.1. The van der Waals surface area contributed by atoms with E-state index in [0.29, 0.717) is 17.7 Å². The topological polar surface area (TPSA) is 37.3 Å². The van der Waals surface area contributed by atoms with Gasteiger partial charge in [0, 0.05) is 11.3 Å². The number of aliphatic hydroxyl groups excluding tert-OH is 1. The SMILES string of the molecule is O=S=C1C=CC(CO)=CC1. The number of allylic oxidation sites excluding steroid dienone is 2. The fourth-order valence-corrected chi connectivity index (χ4v) is 1.02. The lowest BCUT2D eigenvalue weighted by molar-refractivity contribution is 0.334. The van der Waals surface area contributed by atoms with E-state index < -0.39 is 0 Å². The van der Waals surface area contributed by atoms with Crippen molar-refractivity contribution in [2.24, 2.45) is 0 Å². The molecule has 0 radical (unpaired) electrons. The second-order valence-corrected chi connectivity index (χ2v) is 2.72. The van der Waals surface area contributed by atoms with Crippen LogP contribution in [0.15, 0.2) is 23.8 Å². The molecule has 0 aromatic carbocycles. The van der Waals surface area contributed by atoms with Crippen LogP contribution in [0.1, 0.15) is 6.42 Å². The van der Waals surface area contributed by atoms with Gasteiger partial charge in [-0.15, -0.1) is 0 Å². The van der Waals surface area contributed by atoms with Crippen LogP contribution in [0.2, 0.25) is 0 Å². The smallest absolute Gasteiger partial charge is 0.0923 e. The van der Waals surface area contributed by atoms with Crippen molar-refractivity contribution < 1.29 is 9.32 Å². The molecule has 1 rings (SSSR count). The average molecular weight is 156 g/mol. The van der Waals surface area contributed by atoms with Gasteiger partial charge in [-0.3, -0.25) is 0 Å². The van der Waals surface area contributed by atoms with Crippen molar-refractivity contribution in [3.05, 3.63) is 23.8 Å². The molecule has 0 aromatic heterocycles. The third-order valence-corrected chi connectivity index (χ3v) is 1.86. The third kappa shape index (κ3) is 1.65. The molecule has 3 heteroatoms. The van der Waals surface area contributed by atoms with Crippen LogP contribution >= 0.6 is 0 Å². The van der Waals surface area contributed by atoms with Crippen LogP contribution in [-0.4, -0.2) is 20.8 Å². The van der Waals surface area contributed by atoms with Gasteiger partial charge in [0.15, 0.2) is 0 Å². The first-order valence-electron chi connectivity index (χ1n) is 3.00. The number of aliphatic hydroxyl groups is 1. The van der Waals surface area contributed by atoms with Crippen LogP contribution in [0.3, 0.4) is 0 Å². The lowest BCUT2D eigenvalue weighted by Crippen LogP contribution is -1.99. The highest BCUT2D eigenvalue weighted by molar-refractivity contribution is 7.66. The molecule has 0 atom stereocenters. The summed E-state index contributed by atoms with van der Waals surface area (Å²) in [6, 6.07) is 0. The summed E-state index contributed by atoms with van der Waals surface area (Å²) in [5.74, 6) is 0. The Balaban J connectivity index is 2.72. The summed E-state index contributed by atoms with van der Waals surface area (Å²) >= 11 is 0.512. The Hall–Kier alpha value is -0.670. The minimum absolute atomic E-state index is 0.0628. The molecule has 0 bridgehead atoms. The van der Waals surface area contributed by atoms with E-state index in [0.717, 1.165) is 10.4 Å². The Kier molecular flexibility index (Phi) is 2.59. The number of hydrogen-bond acceptors (Lipinski definition) is 2. The quantitative estimate of drug-likeness (QED) is 0.552. The fraction of sp³-hybridized carbons (Fsp3) is 0.286. The molecule has 0 unspecified atom stereocenters. The Bertz CT molecular complexity index is 231. The van der Waals surface area contributed by atoms with Gasteiger partial charge in [-0.05, 0) is 11.6 Å². The summed E-state index contributed by atoms with van der Waals surface area (Å²) in [4.78, 5) is 0.803. The van der Waals surface area contributed by atoms with Crippen LogP contribution < -0.4 is 0 Å². The standard InChI is InChI=1S/C7H8O2S/c8-5-6-1-3-7(10-9)4-2-6/h1-3,8H,4-5H2. The second-order valence-electron chi connectivity index (χ2n) is 2.02. The second kappa shape index (κ2) is 3.49. The van der Waals surface area contributed by atoms with Crippen LogP contribution in [-0.2, 0) is 11.3 Å². The minimum atomic E-state index is 0.0628. The molecule has 0 spiro atoms. The molecule has 0 aliphatic heterocycles. The van der Waals surface area contributed by atoms with Crippen LogP contribution in [0.5, 0.6) is 0 Å². The minimum Gasteiger partial charge on any atom is -0.392 e. The highest BCUT2D eigenvalue weighted by Crippen LogP contribution is 2.05. The van der Waals surface area contributed by atoms with Gasteiger partial charge in [0.25, 0.3) is 0 Å². The zero-order valence-electron chi connectivity index (χ0n) is 5.41. The van der Waals surface area contributed by atoms with E-state index in [1.165, 1.54) is 0 Å². The number of rotatable bonds is 1. The maximum absolute atomic E-state index is 10.2. The molecular formula is C7H8O2S. The van der Waals surface area contributed by atoms with E-state index in [4.69, 9.17) is 5.11 Å². The molecule has 0 saturated heterocycles. The maximum atomic E-state index is 10.2. The van der Waals surface area contributed by atoms with Gasteiger partial charge >= 0.3 is 0 Å². The van der Waals surface area contributed by atoms with Gasteiger partial charge in [0.1, 0.15) is 0 Å². The van der Waals surface area contributed by atoms with Crippen LogP contribution in [0, 0.1) is 0 Å². The van der Waals surface area contributed by atoms with Gasteiger partial charge in [0.2, 0.25) is 0 Å². The zero-order chi connectivity index (χ0) is 7.40. The largest absolute Gasteiger partial charge is 0.392 e. The van der Waals surface area contributed by atoms with E-state index in [2.05, 4.69) is 0 Å². The lowest BCUT2D eigenvalue weighted by Gasteiger charge is -2.01. The van der Waals surface area contributed by atoms with Crippen LogP contribution in [0.25, 0.3) is 0 Å². The van der Waals surface area contributed by atoms with Crippen molar-refractivity contribution in [2.75, 3.05) is 6.61 Å². The van der Waals surface area contributed by atoms with Gasteiger partial charge in [-0.2, -0.15) is 0 Å². The first-order valence-corrected chi connectivity index (χ1v) is 3.74. The highest BCUT2D eigenvalue weighted by atomic mass is 32.1. The van der Waals surface area contributed by atoms with Crippen molar-refractivity contribution >= 4 is 16.1 Å². The maximum Gasteiger partial charge on any atom is 0.0923 e. The first kappa shape index (κ1) is 7.44.